The van der Waals surface area contributed by atoms with Gasteiger partial charge in [0.1, 0.15) is 0 Å². The predicted octanol–water partition coefficient (Wildman–Crippen LogP) is 2.01. The molecule has 0 radical (unpaired) electrons. The molecule has 1 aromatic rings. The number of carbonyl (C=O) groups excluding carboxylic acids is 1. The number of nitrogens with one attached hydrogen (secondary N) is 2. The van der Waals surface area contributed by atoms with Crippen LogP contribution in [-0.2, 0) is 11.3 Å². The normalized spacial score (nSPS) is 12.8. The molecular formula is C13H23N3OS. The van der Waals surface area contributed by atoms with Crippen molar-refractivity contribution >= 4 is 17.2 Å². The van der Waals surface area contributed by atoms with Crippen LogP contribution in [0.4, 0.5) is 0 Å². The van der Waals surface area contributed by atoms with E-state index in [4.69, 9.17) is 0 Å². The van der Waals surface area contributed by atoms with Crippen LogP contribution in [0.1, 0.15) is 36.3 Å². The highest BCUT2D eigenvalue weighted by atomic mass is 32.1. The van der Waals surface area contributed by atoms with Gasteiger partial charge in [-0.15, -0.1) is 11.3 Å². The highest BCUT2D eigenvalue weighted by molar-refractivity contribution is 7.11. The lowest BCUT2D eigenvalue weighted by atomic mass is 10.2. The molecule has 102 valence electrons. The first-order chi connectivity index (χ1) is 8.40. The Morgan fingerprint density at radius 3 is 2.50 bits per heavy atom. The van der Waals surface area contributed by atoms with Gasteiger partial charge < -0.3 is 10.6 Å². The fourth-order valence-corrected chi connectivity index (χ4v) is 2.42. The van der Waals surface area contributed by atoms with E-state index >= 15 is 0 Å². The molecule has 1 heterocycles. The first-order valence-corrected chi connectivity index (χ1v) is 7.15. The van der Waals surface area contributed by atoms with Crippen molar-refractivity contribution in [2.75, 3.05) is 6.54 Å². The van der Waals surface area contributed by atoms with Crippen molar-refractivity contribution < 1.29 is 4.79 Å². The second-order valence-corrected chi connectivity index (χ2v) is 6.27. The molecule has 0 bridgehead atoms. The number of amides is 1. The maximum Gasteiger partial charge on any atom is 0.236 e. The quantitative estimate of drug-likeness (QED) is 0.830. The zero-order chi connectivity index (χ0) is 13.7. The molecule has 0 aliphatic heterocycles. The largest absolute Gasteiger partial charge is 0.354 e. The number of thiazole rings is 1. The lowest BCUT2D eigenvalue weighted by Gasteiger charge is -2.14. The Bertz CT molecular complexity index is 401. The Morgan fingerprint density at radius 2 is 2.00 bits per heavy atom. The lowest BCUT2D eigenvalue weighted by molar-refractivity contribution is -0.122. The van der Waals surface area contributed by atoms with Crippen LogP contribution >= 0.6 is 11.3 Å². The van der Waals surface area contributed by atoms with Crippen LogP contribution in [0.2, 0.25) is 0 Å². The molecule has 4 nitrogen and oxygen atoms in total. The van der Waals surface area contributed by atoms with Gasteiger partial charge in [0.2, 0.25) is 5.91 Å². The van der Waals surface area contributed by atoms with E-state index in [1.165, 1.54) is 4.88 Å². The Balaban J connectivity index is 2.38. The van der Waals surface area contributed by atoms with Gasteiger partial charge in [-0.3, -0.25) is 4.79 Å². The summed E-state index contributed by atoms with van der Waals surface area (Å²) >= 11 is 1.68. The maximum atomic E-state index is 11.8. The average Bonchev–Trinajstić information content (AvgIpc) is 2.61. The SMILES string of the molecule is Cc1nc(C)c(CNC(C)C(=O)NCC(C)C)s1. The van der Waals surface area contributed by atoms with Gasteiger partial charge >= 0.3 is 0 Å². The van der Waals surface area contributed by atoms with Crippen LogP contribution in [0.3, 0.4) is 0 Å². The molecule has 1 amide bonds. The Kier molecular flexibility index (Phi) is 5.75. The van der Waals surface area contributed by atoms with Crippen LogP contribution in [0.5, 0.6) is 0 Å². The van der Waals surface area contributed by atoms with E-state index in [0.717, 1.165) is 17.2 Å². The van der Waals surface area contributed by atoms with E-state index in [9.17, 15) is 4.79 Å². The zero-order valence-electron chi connectivity index (χ0n) is 11.8. The third kappa shape index (κ3) is 4.74. The molecule has 0 aliphatic rings. The number of aromatic nitrogens is 1. The summed E-state index contributed by atoms with van der Waals surface area (Å²) in [6.45, 7) is 11.5. The van der Waals surface area contributed by atoms with Gasteiger partial charge in [0.15, 0.2) is 0 Å². The smallest absolute Gasteiger partial charge is 0.236 e. The molecular weight excluding hydrogens is 246 g/mol. The summed E-state index contributed by atoms with van der Waals surface area (Å²) in [4.78, 5) is 17.3. The minimum absolute atomic E-state index is 0.0580. The summed E-state index contributed by atoms with van der Waals surface area (Å²) in [7, 11) is 0. The maximum absolute atomic E-state index is 11.8. The molecule has 1 atom stereocenters. The van der Waals surface area contributed by atoms with E-state index in [2.05, 4.69) is 29.5 Å². The molecule has 2 N–H and O–H groups in total. The van der Waals surface area contributed by atoms with Crippen molar-refractivity contribution in [3.8, 4) is 0 Å². The molecule has 1 unspecified atom stereocenters. The van der Waals surface area contributed by atoms with E-state index < -0.39 is 0 Å². The van der Waals surface area contributed by atoms with Crippen molar-refractivity contribution in [3.05, 3.63) is 15.6 Å². The summed E-state index contributed by atoms with van der Waals surface area (Å²) in [5.74, 6) is 0.537. The molecule has 0 saturated heterocycles. The van der Waals surface area contributed by atoms with Crippen molar-refractivity contribution in [1.82, 2.24) is 15.6 Å². The van der Waals surface area contributed by atoms with E-state index in [-0.39, 0.29) is 11.9 Å². The third-order valence-electron chi connectivity index (χ3n) is 2.65. The topological polar surface area (TPSA) is 54.0 Å². The zero-order valence-corrected chi connectivity index (χ0v) is 12.6. The second-order valence-electron chi connectivity index (χ2n) is 4.98. The Morgan fingerprint density at radius 1 is 1.33 bits per heavy atom. The highest BCUT2D eigenvalue weighted by Crippen LogP contribution is 2.16. The molecule has 18 heavy (non-hydrogen) atoms. The van der Waals surface area contributed by atoms with Crippen LogP contribution < -0.4 is 10.6 Å². The number of aryl methyl sites for hydroxylation is 2. The van der Waals surface area contributed by atoms with Crippen LogP contribution in [0.15, 0.2) is 0 Å². The molecule has 1 rings (SSSR count). The summed E-state index contributed by atoms with van der Waals surface area (Å²) in [5.41, 5.74) is 1.06. The molecule has 5 heteroatoms. The number of hydrogen-bond donors (Lipinski definition) is 2. The van der Waals surface area contributed by atoms with E-state index in [1.54, 1.807) is 11.3 Å². The van der Waals surface area contributed by atoms with Crippen LogP contribution in [0, 0.1) is 19.8 Å². The van der Waals surface area contributed by atoms with Gasteiger partial charge in [-0.05, 0) is 26.7 Å². The molecule has 0 aliphatic carbocycles. The monoisotopic (exact) mass is 269 g/mol. The number of carbonyl (C=O) groups is 1. The third-order valence-corrected chi connectivity index (χ3v) is 3.72. The summed E-state index contributed by atoms with van der Waals surface area (Å²) in [6.07, 6.45) is 0. The van der Waals surface area contributed by atoms with Crippen molar-refractivity contribution in [2.24, 2.45) is 5.92 Å². The fourth-order valence-electron chi connectivity index (χ4n) is 1.53. The molecule has 0 spiro atoms. The number of nitrogens with zero attached hydrogens (tertiary/aromatic N) is 1. The predicted molar refractivity (Wildman–Crippen MR) is 75.7 cm³/mol. The minimum Gasteiger partial charge on any atom is -0.354 e. The first kappa shape index (κ1) is 15.1. The van der Waals surface area contributed by atoms with Crippen LogP contribution in [-0.4, -0.2) is 23.5 Å². The van der Waals surface area contributed by atoms with Crippen molar-refractivity contribution in [2.45, 2.75) is 47.2 Å². The standard InChI is InChI=1S/C13H23N3OS/c1-8(2)6-15-13(17)10(4)14-7-12-9(3)16-11(5)18-12/h8,10,14H,6-7H2,1-5H3,(H,15,17). The fraction of sp³-hybridized carbons (Fsp3) is 0.692. The molecule has 0 aromatic carbocycles. The Hall–Kier alpha value is -0.940. The van der Waals surface area contributed by atoms with Gasteiger partial charge in [-0.25, -0.2) is 4.98 Å². The van der Waals surface area contributed by atoms with Gasteiger partial charge in [-0.1, -0.05) is 13.8 Å². The minimum atomic E-state index is -0.175. The highest BCUT2D eigenvalue weighted by Gasteiger charge is 2.13. The molecule has 0 fully saturated rings. The first-order valence-electron chi connectivity index (χ1n) is 6.34. The van der Waals surface area contributed by atoms with Gasteiger partial charge in [0.25, 0.3) is 0 Å². The van der Waals surface area contributed by atoms with E-state index in [1.807, 2.05) is 20.8 Å². The average molecular weight is 269 g/mol. The summed E-state index contributed by atoms with van der Waals surface area (Å²) in [5, 5.41) is 7.23. The van der Waals surface area contributed by atoms with Crippen molar-refractivity contribution in [3.63, 3.8) is 0 Å². The van der Waals surface area contributed by atoms with Crippen molar-refractivity contribution in [1.29, 1.82) is 0 Å². The summed E-state index contributed by atoms with van der Waals surface area (Å²) < 4.78 is 0. The van der Waals surface area contributed by atoms with Gasteiger partial charge in [-0.2, -0.15) is 0 Å². The van der Waals surface area contributed by atoms with E-state index in [0.29, 0.717) is 12.5 Å². The lowest BCUT2D eigenvalue weighted by Crippen LogP contribution is -2.42. The molecule has 1 aromatic heterocycles. The number of hydrogen-bond acceptors (Lipinski definition) is 4. The second kappa shape index (κ2) is 6.85. The Labute approximate surface area is 113 Å². The van der Waals surface area contributed by atoms with Gasteiger partial charge in [0.05, 0.1) is 16.7 Å². The van der Waals surface area contributed by atoms with Crippen LogP contribution in [0.25, 0.3) is 0 Å². The number of rotatable bonds is 6. The summed E-state index contributed by atoms with van der Waals surface area (Å²) in [6, 6.07) is -0.175. The van der Waals surface area contributed by atoms with Gasteiger partial charge in [0, 0.05) is 18.0 Å². The molecule has 0 saturated carbocycles.